The molecule has 1 heterocycles. The zero-order valence-electron chi connectivity index (χ0n) is 10.5. The molecule has 0 bridgehead atoms. The largest absolute Gasteiger partial charge is 0.379 e. The van der Waals surface area contributed by atoms with E-state index in [1.807, 2.05) is 0 Å². The Morgan fingerprint density at radius 2 is 2.06 bits per heavy atom. The summed E-state index contributed by atoms with van der Waals surface area (Å²) >= 11 is 3.66. The molecule has 3 heteroatoms. The Kier molecular flexibility index (Phi) is 4.23. The highest BCUT2D eigenvalue weighted by atomic mass is 79.9. The van der Waals surface area contributed by atoms with Gasteiger partial charge in [-0.2, -0.15) is 0 Å². The third kappa shape index (κ3) is 2.90. The van der Waals surface area contributed by atoms with Crippen LogP contribution in [0.4, 0.5) is 0 Å². The van der Waals surface area contributed by atoms with E-state index in [0.29, 0.717) is 6.10 Å². The molecule has 0 atom stereocenters. The van der Waals surface area contributed by atoms with Gasteiger partial charge in [0.05, 0.1) is 6.10 Å². The van der Waals surface area contributed by atoms with Gasteiger partial charge in [-0.1, -0.05) is 34.1 Å². The van der Waals surface area contributed by atoms with Gasteiger partial charge in [-0.3, -0.25) is 0 Å². The number of rotatable bonds is 5. The zero-order valence-corrected chi connectivity index (χ0v) is 12.1. The van der Waals surface area contributed by atoms with E-state index in [1.54, 1.807) is 0 Å². The highest BCUT2D eigenvalue weighted by Crippen LogP contribution is 2.36. The second-order valence-corrected chi connectivity index (χ2v) is 5.89. The van der Waals surface area contributed by atoms with Crippen molar-refractivity contribution in [2.75, 3.05) is 19.7 Å². The average Bonchev–Trinajstić information content (AvgIpc) is 2.23. The summed E-state index contributed by atoms with van der Waals surface area (Å²) in [6.07, 6.45) is 1.40. The minimum absolute atomic E-state index is 0.259. The van der Waals surface area contributed by atoms with Gasteiger partial charge in [-0.15, -0.1) is 0 Å². The maximum absolute atomic E-state index is 5.69. The van der Waals surface area contributed by atoms with Gasteiger partial charge in [0.1, 0.15) is 0 Å². The Labute approximate surface area is 112 Å². The molecule has 0 amide bonds. The lowest BCUT2D eigenvalue weighted by atomic mass is 9.73. The van der Waals surface area contributed by atoms with Crippen LogP contribution in [-0.2, 0) is 10.2 Å². The van der Waals surface area contributed by atoms with E-state index in [1.165, 1.54) is 10.0 Å². The van der Waals surface area contributed by atoms with Gasteiger partial charge in [-0.25, -0.2) is 0 Å². The summed E-state index contributed by atoms with van der Waals surface area (Å²) in [7, 11) is 0. The fraction of sp³-hybridized carbons (Fsp3) is 0.571. The third-order valence-corrected chi connectivity index (χ3v) is 4.10. The van der Waals surface area contributed by atoms with Crippen LogP contribution in [-0.4, -0.2) is 25.8 Å². The molecule has 2 rings (SSSR count). The second-order valence-electron chi connectivity index (χ2n) is 5.03. The predicted molar refractivity (Wildman–Crippen MR) is 74.4 cm³/mol. The lowest BCUT2D eigenvalue weighted by Crippen LogP contribution is -2.57. The van der Waals surface area contributed by atoms with E-state index >= 15 is 0 Å². The van der Waals surface area contributed by atoms with Crippen molar-refractivity contribution < 1.29 is 4.74 Å². The summed E-state index contributed by atoms with van der Waals surface area (Å²) in [4.78, 5) is 0. The average molecular weight is 298 g/mol. The number of hydrogen-bond acceptors (Lipinski definition) is 2. The maximum Gasteiger partial charge on any atom is 0.0518 e. The molecule has 0 radical (unpaired) electrons. The summed E-state index contributed by atoms with van der Waals surface area (Å²) in [5.74, 6) is 0. The van der Waals surface area contributed by atoms with Crippen LogP contribution < -0.4 is 5.32 Å². The topological polar surface area (TPSA) is 21.3 Å². The van der Waals surface area contributed by atoms with Crippen LogP contribution in [0.25, 0.3) is 0 Å². The third-order valence-electron chi connectivity index (χ3n) is 3.40. The fourth-order valence-electron chi connectivity index (χ4n) is 2.31. The van der Waals surface area contributed by atoms with Crippen LogP contribution in [0.1, 0.15) is 25.8 Å². The predicted octanol–water partition coefficient (Wildman–Crippen LogP) is 3.11. The fourth-order valence-corrected chi connectivity index (χ4v) is 3.02. The quantitative estimate of drug-likeness (QED) is 0.902. The van der Waals surface area contributed by atoms with E-state index in [0.717, 1.165) is 26.1 Å². The van der Waals surface area contributed by atoms with Crippen molar-refractivity contribution in [3.05, 3.63) is 34.3 Å². The minimum atomic E-state index is 0.259. The van der Waals surface area contributed by atoms with Gasteiger partial charge in [0, 0.05) is 29.6 Å². The van der Waals surface area contributed by atoms with E-state index < -0.39 is 0 Å². The van der Waals surface area contributed by atoms with Crippen LogP contribution in [0.5, 0.6) is 0 Å². The van der Waals surface area contributed by atoms with Crippen LogP contribution >= 0.6 is 15.9 Å². The lowest BCUT2D eigenvalue weighted by Gasteiger charge is -2.44. The van der Waals surface area contributed by atoms with Crippen LogP contribution in [0, 0.1) is 0 Å². The number of halogens is 1. The van der Waals surface area contributed by atoms with Crippen LogP contribution in [0.2, 0.25) is 0 Å². The van der Waals surface area contributed by atoms with Crippen molar-refractivity contribution in [3.8, 4) is 0 Å². The van der Waals surface area contributed by atoms with Crippen molar-refractivity contribution in [2.24, 2.45) is 0 Å². The summed E-state index contributed by atoms with van der Waals surface area (Å²) in [6, 6.07) is 8.53. The maximum atomic E-state index is 5.69. The molecule has 1 aliphatic rings. The van der Waals surface area contributed by atoms with Crippen molar-refractivity contribution >= 4 is 15.9 Å². The van der Waals surface area contributed by atoms with E-state index in [9.17, 15) is 0 Å². The van der Waals surface area contributed by atoms with Gasteiger partial charge in [0.25, 0.3) is 0 Å². The lowest BCUT2D eigenvalue weighted by molar-refractivity contribution is 0.0555. The summed E-state index contributed by atoms with van der Waals surface area (Å²) in [5.41, 5.74) is 1.67. The first kappa shape index (κ1) is 13.1. The summed E-state index contributed by atoms with van der Waals surface area (Å²) < 4.78 is 6.91. The molecule has 1 fully saturated rings. The monoisotopic (exact) mass is 297 g/mol. The minimum Gasteiger partial charge on any atom is -0.379 e. The highest BCUT2D eigenvalue weighted by molar-refractivity contribution is 9.10. The van der Waals surface area contributed by atoms with Gasteiger partial charge in [0.2, 0.25) is 0 Å². The molecular weight excluding hydrogens is 278 g/mol. The van der Waals surface area contributed by atoms with Gasteiger partial charge in [-0.05, 0) is 31.9 Å². The van der Waals surface area contributed by atoms with Gasteiger partial charge >= 0.3 is 0 Å². The summed E-state index contributed by atoms with van der Waals surface area (Å²) in [6.45, 7) is 7.11. The second kappa shape index (κ2) is 5.51. The Balaban J connectivity index is 2.07. The molecule has 94 valence electrons. The van der Waals surface area contributed by atoms with Gasteiger partial charge < -0.3 is 10.1 Å². The van der Waals surface area contributed by atoms with Gasteiger partial charge in [0.15, 0.2) is 0 Å². The number of hydrogen-bond donors (Lipinski definition) is 1. The summed E-state index contributed by atoms with van der Waals surface area (Å²) in [5, 5.41) is 3.39. The first-order chi connectivity index (χ1) is 8.14. The van der Waals surface area contributed by atoms with Crippen LogP contribution in [0.3, 0.4) is 0 Å². The zero-order chi connectivity index (χ0) is 12.3. The normalized spacial score (nSPS) is 18.1. The molecule has 1 saturated heterocycles. The first-order valence-electron chi connectivity index (χ1n) is 6.21. The SMILES string of the molecule is CC(C)OCCC1(c2ccccc2Br)CNC1. The van der Waals surface area contributed by atoms with Crippen molar-refractivity contribution in [2.45, 2.75) is 31.8 Å². The van der Waals surface area contributed by atoms with Crippen molar-refractivity contribution in [1.82, 2.24) is 5.32 Å². The van der Waals surface area contributed by atoms with E-state index in [2.05, 4.69) is 59.4 Å². The molecule has 1 aromatic rings. The number of ether oxygens (including phenoxy) is 1. The molecule has 0 unspecified atom stereocenters. The molecule has 1 N–H and O–H groups in total. The molecule has 0 aliphatic carbocycles. The Hall–Kier alpha value is -0.380. The number of nitrogens with one attached hydrogen (secondary N) is 1. The molecule has 0 spiro atoms. The molecule has 1 aromatic carbocycles. The first-order valence-corrected chi connectivity index (χ1v) is 7.01. The molecule has 17 heavy (non-hydrogen) atoms. The molecule has 0 saturated carbocycles. The molecule has 1 aliphatic heterocycles. The Morgan fingerprint density at radius 3 is 2.59 bits per heavy atom. The smallest absolute Gasteiger partial charge is 0.0518 e. The molecular formula is C14H20BrNO. The van der Waals surface area contributed by atoms with Crippen molar-refractivity contribution in [3.63, 3.8) is 0 Å². The highest BCUT2D eigenvalue weighted by Gasteiger charge is 2.39. The van der Waals surface area contributed by atoms with E-state index in [-0.39, 0.29) is 5.41 Å². The Bertz CT molecular complexity index is 374. The molecule has 2 nitrogen and oxygen atoms in total. The van der Waals surface area contributed by atoms with Crippen LogP contribution in [0.15, 0.2) is 28.7 Å². The van der Waals surface area contributed by atoms with E-state index in [4.69, 9.17) is 4.74 Å². The number of benzene rings is 1. The standard InChI is InChI=1S/C14H20BrNO/c1-11(2)17-8-7-14(9-16-10-14)12-5-3-4-6-13(12)15/h3-6,11,16H,7-10H2,1-2H3. The van der Waals surface area contributed by atoms with Crippen molar-refractivity contribution in [1.29, 1.82) is 0 Å². The Morgan fingerprint density at radius 1 is 1.35 bits per heavy atom. The molecule has 0 aromatic heterocycles.